The van der Waals surface area contributed by atoms with Crippen LogP contribution in [-0.4, -0.2) is 49.0 Å². The van der Waals surface area contributed by atoms with Crippen LogP contribution in [0.1, 0.15) is 0 Å². The number of urea groups is 1. The summed E-state index contributed by atoms with van der Waals surface area (Å²) in [6.07, 6.45) is -1.61. The average molecular weight is 267 g/mol. The minimum absolute atomic E-state index is 0.353. The largest absolute Gasteiger partial charge is 0.479 e. The minimum Gasteiger partial charge on any atom is -0.479 e. The molecule has 2 amide bonds. The molecule has 0 aliphatic carbocycles. The molecule has 0 bridgehead atoms. The summed E-state index contributed by atoms with van der Waals surface area (Å²) in [4.78, 5) is 23.7. The number of carboxylic acid groups (broad SMARTS) is 1. The van der Waals surface area contributed by atoms with E-state index in [1.807, 2.05) is 25.1 Å². The molecule has 7 heteroatoms. The molecule has 1 rings (SSSR count). The van der Waals surface area contributed by atoms with E-state index < -0.39 is 18.1 Å². The number of aliphatic hydroxyl groups excluding tert-OH is 1. The molecule has 0 aromatic heterocycles. The summed E-state index contributed by atoms with van der Waals surface area (Å²) < 4.78 is 0. The summed E-state index contributed by atoms with van der Waals surface area (Å²) in [6, 6.07) is 6.58. The molecule has 0 fully saturated rings. The van der Waals surface area contributed by atoms with E-state index in [1.54, 1.807) is 18.2 Å². The zero-order valence-electron chi connectivity index (χ0n) is 10.8. The van der Waals surface area contributed by atoms with Gasteiger partial charge in [0.05, 0.1) is 6.54 Å². The highest BCUT2D eigenvalue weighted by Gasteiger charge is 2.14. The highest BCUT2D eigenvalue weighted by molar-refractivity contribution is 5.90. The van der Waals surface area contributed by atoms with Crippen LogP contribution in [0.25, 0.3) is 0 Å². The van der Waals surface area contributed by atoms with Gasteiger partial charge >= 0.3 is 12.0 Å². The van der Waals surface area contributed by atoms with Gasteiger partial charge in [-0.2, -0.15) is 0 Å². The first-order valence-corrected chi connectivity index (χ1v) is 5.63. The fourth-order valence-electron chi connectivity index (χ4n) is 1.31. The number of carbonyl (C=O) groups excluding carboxylic acids is 1. The third-order valence-corrected chi connectivity index (χ3v) is 2.36. The zero-order valence-corrected chi connectivity index (χ0v) is 10.8. The predicted octanol–water partition coefficient (Wildman–Crippen LogP) is 0.320. The molecule has 0 aliphatic rings. The Labute approximate surface area is 110 Å². The summed E-state index contributed by atoms with van der Waals surface area (Å²) in [5, 5.41) is 22.3. The van der Waals surface area contributed by atoms with Gasteiger partial charge in [-0.1, -0.05) is 6.07 Å². The second-order valence-corrected chi connectivity index (χ2v) is 4.13. The van der Waals surface area contributed by atoms with Crippen LogP contribution in [0, 0.1) is 0 Å². The van der Waals surface area contributed by atoms with Gasteiger partial charge < -0.3 is 25.7 Å². The average Bonchev–Trinajstić information content (AvgIpc) is 2.36. The molecule has 19 heavy (non-hydrogen) atoms. The number of aliphatic hydroxyl groups is 1. The van der Waals surface area contributed by atoms with E-state index >= 15 is 0 Å². The SMILES string of the molecule is CN(C)c1cccc(NC(=O)NC[C@H](O)C(=O)O)c1. The van der Waals surface area contributed by atoms with Crippen LogP contribution in [0.5, 0.6) is 0 Å². The number of benzene rings is 1. The van der Waals surface area contributed by atoms with Gasteiger partial charge in [-0.05, 0) is 18.2 Å². The Kier molecular flexibility index (Phi) is 5.13. The van der Waals surface area contributed by atoms with Crippen molar-refractivity contribution >= 4 is 23.4 Å². The van der Waals surface area contributed by atoms with Crippen LogP contribution in [-0.2, 0) is 4.79 Å². The number of hydrogen-bond acceptors (Lipinski definition) is 4. The van der Waals surface area contributed by atoms with Crippen molar-refractivity contribution in [1.82, 2.24) is 5.32 Å². The Morgan fingerprint density at radius 1 is 1.37 bits per heavy atom. The fourth-order valence-corrected chi connectivity index (χ4v) is 1.31. The van der Waals surface area contributed by atoms with E-state index in [9.17, 15) is 9.59 Å². The number of nitrogens with zero attached hydrogens (tertiary/aromatic N) is 1. The lowest BCUT2D eigenvalue weighted by molar-refractivity contribution is -0.146. The van der Waals surface area contributed by atoms with Crippen LogP contribution in [0.4, 0.5) is 16.2 Å². The lowest BCUT2D eigenvalue weighted by atomic mass is 10.2. The van der Waals surface area contributed by atoms with Gasteiger partial charge in [0.1, 0.15) is 0 Å². The summed E-state index contributed by atoms with van der Waals surface area (Å²) >= 11 is 0. The number of anilines is 2. The van der Waals surface area contributed by atoms with E-state index in [0.29, 0.717) is 5.69 Å². The Hall–Kier alpha value is -2.28. The number of hydrogen-bond donors (Lipinski definition) is 4. The Morgan fingerprint density at radius 3 is 2.63 bits per heavy atom. The second-order valence-electron chi connectivity index (χ2n) is 4.13. The first kappa shape index (κ1) is 14.8. The van der Waals surface area contributed by atoms with Gasteiger partial charge in [0.25, 0.3) is 0 Å². The summed E-state index contributed by atoms with van der Waals surface area (Å²) in [7, 11) is 3.75. The second kappa shape index (κ2) is 6.60. The van der Waals surface area contributed by atoms with Crippen LogP contribution < -0.4 is 15.5 Å². The van der Waals surface area contributed by atoms with E-state index in [0.717, 1.165) is 5.69 Å². The van der Waals surface area contributed by atoms with Crippen molar-refractivity contribution in [2.24, 2.45) is 0 Å². The molecular weight excluding hydrogens is 250 g/mol. The van der Waals surface area contributed by atoms with Crippen molar-refractivity contribution in [2.45, 2.75) is 6.10 Å². The summed E-state index contributed by atoms with van der Waals surface area (Å²) in [5.41, 5.74) is 1.50. The smallest absolute Gasteiger partial charge is 0.334 e. The molecule has 7 nitrogen and oxygen atoms in total. The molecule has 4 N–H and O–H groups in total. The molecule has 1 aromatic rings. The maximum Gasteiger partial charge on any atom is 0.334 e. The minimum atomic E-state index is -1.61. The maximum absolute atomic E-state index is 11.5. The Morgan fingerprint density at radius 2 is 2.05 bits per heavy atom. The lowest BCUT2D eigenvalue weighted by Gasteiger charge is -2.14. The van der Waals surface area contributed by atoms with Crippen molar-refractivity contribution in [3.05, 3.63) is 24.3 Å². The standard InChI is InChI=1S/C12H17N3O4/c1-15(2)9-5-3-4-8(6-9)14-12(19)13-7-10(16)11(17)18/h3-6,10,16H,7H2,1-2H3,(H,17,18)(H2,13,14,19)/t10-/m0/s1. The molecule has 0 radical (unpaired) electrons. The van der Waals surface area contributed by atoms with E-state index in [-0.39, 0.29) is 6.54 Å². The number of carboxylic acids is 1. The summed E-state index contributed by atoms with van der Waals surface area (Å²) in [5.74, 6) is -1.38. The topological polar surface area (TPSA) is 102 Å². The third-order valence-electron chi connectivity index (χ3n) is 2.36. The van der Waals surface area contributed by atoms with Gasteiger partial charge in [0.2, 0.25) is 0 Å². The highest BCUT2D eigenvalue weighted by atomic mass is 16.4. The monoisotopic (exact) mass is 267 g/mol. The Bertz CT molecular complexity index is 462. The van der Waals surface area contributed by atoms with Crippen molar-refractivity contribution < 1.29 is 19.8 Å². The highest BCUT2D eigenvalue weighted by Crippen LogP contribution is 2.16. The van der Waals surface area contributed by atoms with Crippen molar-refractivity contribution in [3.63, 3.8) is 0 Å². The molecule has 0 unspecified atom stereocenters. The molecule has 1 atom stereocenters. The number of rotatable bonds is 5. The molecular formula is C12H17N3O4. The van der Waals surface area contributed by atoms with Gasteiger partial charge in [0.15, 0.2) is 6.10 Å². The van der Waals surface area contributed by atoms with Crippen LogP contribution in [0.3, 0.4) is 0 Å². The number of carbonyl (C=O) groups is 2. The summed E-state index contributed by atoms with van der Waals surface area (Å²) in [6.45, 7) is -0.353. The quantitative estimate of drug-likeness (QED) is 0.615. The molecule has 0 saturated heterocycles. The first-order valence-electron chi connectivity index (χ1n) is 5.63. The molecule has 0 aliphatic heterocycles. The van der Waals surface area contributed by atoms with Crippen molar-refractivity contribution in [1.29, 1.82) is 0 Å². The van der Waals surface area contributed by atoms with Crippen LogP contribution >= 0.6 is 0 Å². The molecule has 0 spiro atoms. The van der Waals surface area contributed by atoms with Gasteiger partial charge in [-0.25, -0.2) is 9.59 Å². The van der Waals surface area contributed by atoms with Crippen molar-refractivity contribution in [2.75, 3.05) is 30.9 Å². The number of nitrogens with one attached hydrogen (secondary N) is 2. The number of aliphatic carboxylic acids is 1. The molecule has 0 saturated carbocycles. The Balaban J connectivity index is 2.53. The first-order chi connectivity index (χ1) is 8.90. The molecule has 104 valence electrons. The van der Waals surface area contributed by atoms with E-state index in [4.69, 9.17) is 10.2 Å². The van der Waals surface area contributed by atoms with Gasteiger partial charge in [0, 0.05) is 25.5 Å². The van der Waals surface area contributed by atoms with Crippen molar-refractivity contribution in [3.8, 4) is 0 Å². The third kappa shape index (κ3) is 4.84. The van der Waals surface area contributed by atoms with E-state index in [1.165, 1.54) is 0 Å². The van der Waals surface area contributed by atoms with E-state index in [2.05, 4.69) is 10.6 Å². The van der Waals surface area contributed by atoms with Gasteiger partial charge in [-0.15, -0.1) is 0 Å². The van der Waals surface area contributed by atoms with Gasteiger partial charge in [-0.3, -0.25) is 0 Å². The molecule has 0 heterocycles. The number of amides is 2. The lowest BCUT2D eigenvalue weighted by Crippen LogP contribution is -2.38. The van der Waals surface area contributed by atoms with Crippen LogP contribution in [0.2, 0.25) is 0 Å². The predicted molar refractivity (Wildman–Crippen MR) is 71.4 cm³/mol. The fraction of sp³-hybridized carbons (Fsp3) is 0.333. The zero-order chi connectivity index (χ0) is 14.4. The molecule has 1 aromatic carbocycles. The van der Waals surface area contributed by atoms with Crippen LogP contribution in [0.15, 0.2) is 24.3 Å². The maximum atomic E-state index is 11.5. The normalized spacial score (nSPS) is 11.5.